The minimum Gasteiger partial charge on any atom is -0.456 e. The Hall–Kier alpha value is -2.29. The number of amides is 1. The first-order valence-electron chi connectivity index (χ1n) is 30.6. The predicted molar refractivity (Wildman–Crippen MR) is 314 cm³/mol. The molecule has 0 aliphatic heterocycles. The predicted octanol–water partition coefficient (Wildman–Crippen LogP) is 18.7. The van der Waals surface area contributed by atoms with Gasteiger partial charge in [-0.1, -0.05) is 236 Å². The second-order valence-corrected chi connectivity index (χ2v) is 23.4. The molecule has 0 bridgehead atoms. The summed E-state index contributed by atoms with van der Waals surface area (Å²) in [6.07, 6.45) is 66.4. The highest BCUT2D eigenvalue weighted by Gasteiger charge is 2.30. The maximum Gasteiger partial charge on any atom is 0.472 e. The summed E-state index contributed by atoms with van der Waals surface area (Å²) in [6, 6.07) is -0.854. The fraction of sp³-hybridized carbons (Fsp3) is 0.810. The number of hydrogen-bond donors (Lipinski definition) is 2. The number of unbranched alkanes of at least 4 members (excludes halogenated alkanes) is 32. The van der Waals surface area contributed by atoms with Gasteiger partial charge in [0, 0.05) is 12.8 Å². The molecule has 0 saturated carbocycles. The number of carbonyl (C=O) groups excluding carboxylic acids is 2. The summed E-state index contributed by atoms with van der Waals surface area (Å²) in [5.41, 5.74) is 0. The second kappa shape index (κ2) is 53.1. The van der Waals surface area contributed by atoms with Crippen molar-refractivity contribution in [2.45, 2.75) is 290 Å². The molecule has 0 aliphatic rings. The number of phosphoric acid groups is 1. The highest BCUT2D eigenvalue weighted by molar-refractivity contribution is 7.47. The third-order valence-electron chi connectivity index (χ3n) is 13.5. The molecule has 0 rings (SSSR count). The largest absolute Gasteiger partial charge is 0.472 e. The van der Waals surface area contributed by atoms with Crippen molar-refractivity contribution in [2.75, 3.05) is 40.9 Å². The van der Waals surface area contributed by atoms with Crippen molar-refractivity contribution in [3.8, 4) is 0 Å². The van der Waals surface area contributed by atoms with Gasteiger partial charge in [0.25, 0.3) is 0 Å². The van der Waals surface area contributed by atoms with E-state index < -0.39 is 20.0 Å². The van der Waals surface area contributed by atoms with Crippen LogP contribution in [0.4, 0.5) is 0 Å². The van der Waals surface area contributed by atoms with Crippen molar-refractivity contribution in [1.82, 2.24) is 5.32 Å². The van der Waals surface area contributed by atoms with Gasteiger partial charge in [0.2, 0.25) is 5.91 Å². The van der Waals surface area contributed by atoms with Gasteiger partial charge in [-0.2, -0.15) is 0 Å². The highest BCUT2D eigenvalue weighted by atomic mass is 31.2. The lowest BCUT2D eigenvalue weighted by Crippen LogP contribution is -2.47. The number of allylic oxidation sites excluding steroid dienone is 9. The number of hydrogen-bond acceptors (Lipinski definition) is 6. The normalized spacial score (nSPS) is 14.1. The van der Waals surface area contributed by atoms with E-state index >= 15 is 0 Å². The summed E-state index contributed by atoms with van der Waals surface area (Å²) in [5, 5.41) is 3.05. The fourth-order valence-corrected chi connectivity index (χ4v) is 9.40. The number of quaternary nitrogens is 1. The number of nitrogens with one attached hydrogen (secondary N) is 1. The summed E-state index contributed by atoms with van der Waals surface area (Å²) in [7, 11) is 1.49. The summed E-state index contributed by atoms with van der Waals surface area (Å²) in [5.74, 6) is -0.517. The highest BCUT2D eigenvalue weighted by Crippen LogP contribution is 2.43. The van der Waals surface area contributed by atoms with Crippen molar-refractivity contribution in [1.29, 1.82) is 0 Å². The lowest BCUT2D eigenvalue weighted by atomic mass is 10.0. The SMILES string of the molecule is CCCCC/C=C\C/C=C\CCCCCCCCCCCCCC(=O)NC(COP(=O)(O)OCC[N+](C)(C)C)C(/C=C\CCCCCCCCCCC)OC(=O)CCCCCCCC/C=C/C=C/CCCCC. The lowest BCUT2D eigenvalue weighted by Gasteiger charge is -2.27. The van der Waals surface area contributed by atoms with Crippen molar-refractivity contribution < 1.29 is 37.3 Å². The molecule has 0 heterocycles. The summed E-state index contributed by atoms with van der Waals surface area (Å²) < 4.78 is 30.6. The van der Waals surface area contributed by atoms with E-state index in [2.05, 4.69) is 74.7 Å². The molecule has 0 spiro atoms. The van der Waals surface area contributed by atoms with Crippen molar-refractivity contribution in [2.24, 2.45) is 0 Å². The average Bonchev–Trinajstić information content (AvgIpc) is 3.35. The van der Waals surface area contributed by atoms with E-state index in [-0.39, 0.29) is 31.5 Å². The van der Waals surface area contributed by atoms with Gasteiger partial charge in [-0.15, -0.1) is 0 Å². The maximum absolute atomic E-state index is 13.5. The van der Waals surface area contributed by atoms with E-state index in [0.717, 1.165) is 83.5 Å². The molecule has 2 N–H and O–H groups in total. The van der Waals surface area contributed by atoms with Gasteiger partial charge in [0.1, 0.15) is 19.3 Å². The molecule has 1 amide bonds. The van der Waals surface area contributed by atoms with Crippen LogP contribution in [-0.4, -0.2) is 74.3 Å². The molecule has 0 aliphatic carbocycles. The smallest absolute Gasteiger partial charge is 0.456 e. The molecule has 0 fully saturated rings. The van der Waals surface area contributed by atoms with Crippen molar-refractivity contribution >= 4 is 19.7 Å². The van der Waals surface area contributed by atoms with Gasteiger partial charge in [-0.05, 0) is 89.5 Å². The molecular formula is C63H118N2O7P+. The van der Waals surface area contributed by atoms with Gasteiger partial charge in [0.05, 0.1) is 33.8 Å². The van der Waals surface area contributed by atoms with Gasteiger partial charge in [-0.3, -0.25) is 18.6 Å². The minimum atomic E-state index is -4.45. The van der Waals surface area contributed by atoms with E-state index in [0.29, 0.717) is 17.4 Å². The van der Waals surface area contributed by atoms with E-state index in [1.165, 1.54) is 161 Å². The molecule has 9 nitrogen and oxygen atoms in total. The summed E-state index contributed by atoms with van der Waals surface area (Å²) in [4.78, 5) is 37.6. The van der Waals surface area contributed by atoms with Gasteiger partial charge >= 0.3 is 13.8 Å². The molecule has 73 heavy (non-hydrogen) atoms. The second-order valence-electron chi connectivity index (χ2n) is 21.9. The van der Waals surface area contributed by atoms with Crippen LogP contribution >= 0.6 is 7.82 Å². The zero-order valence-electron chi connectivity index (χ0n) is 48.6. The molecular weight excluding hydrogens is 928 g/mol. The minimum absolute atomic E-state index is 0.0369. The quantitative estimate of drug-likeness (QED) is 0.0156. The Kier molecular flexibility index (Phi) is 51.5. The molecule has 3 atom stereocenters. The first-order valence-corrected chi connectivity index (χ1v) is 32.1. The van der Waals surface area contributed by atoms with Crippen LogP contribution in [0.2, 0.25) is 0 Å². The van der Waals surface area contributed by atoms with Gasteiger partial charge in [-0.25, -0.2) is 4.57 Å². The Bertz CT molecular complexity index is 1440. The van der Waals surface area contributed by atoms with Crippen LogP contribution in [0.1, 0.15) is 278 Å². The molecule has 10 heteroatoms. The number of nitrogens with zero attached hydrogens (tertiary/aromatic N) is 1. The fourth-order valence-electron chi connectivity index (χ4n) is 8.67. The van der Waals surface area contributed by atoms with Crippen LogP contribution in [0.3, 0.4) is 0 Å². The van der Waals surface area contributed by atoms with E-state index in [9.17, 15) is 19.0 Å². The zero-order chi connectivity index (χ0) is 53.6. The Morgan fingerprint density at radius 3 is 1.34 bits per heavy atom. The number of likely N-dealkylation sites (N-methyl/N-ethyl adjacent to an activating group) is 1. The molecule has 0 aromatic rings. The van der Waals surface area contributed by atoms with E-state index in [4.69, 9.17) is 13.8 Å². The molecule has 0 saturated heterocycles. The maximum atomic E-state index is 13.5. The number of carbonyl (C=O) groups is 2. The van der Waals surface area contributed by atoms with Gasteiger partial charge < -0.3 is 19.4 Å². The Morgan fingerprint density at radius 2 is 0.877 bits per heavy atom. The average molecular weight is 1050 g/mol. The third-order valence-corrected chi connectivity index (χ3v) is 14.4. The van der Waals surface area contributed by atoms with Crippen LogP contribution in [0.5, 0.6) is 0 Å². The van der Waals surface area contributed by atoms with Crippen LogP contribution in [0.15, 0.2) is 60.8 Å². The number of esters is 1. The molecule has 426 valence electrons. The Labute approximate surface area is 451 Å². The van der Waals surface area contributed by atoms with Crippen LogP contribution < -0.4 is 5.32 Å². The monoisotopic (exact) mass is 1050 g/mol. The number of rotatable bonds is 55. The topological polar surface area (TPSA) is 111 Å². The molecule has 3 unspecified atom stereocenters. The third kappa shape index (κ3) is 54.3. The Morgan fingerprint density at radius 1 is 0.493 bits per heavy atom. The van der Waals surface area contributed by atoms with Crippen molar-refractivity contribution in [3.63, 3.8) is 0 Å². The van der Waals surface area contributed by atoms with Gasteiger partial charge in [0.15, 0.2) is 0 Å². The molecule has 0 aromatic heterocycles. The lowest BCUT2D eigenvalue weighted by molar-refractivity contribution is -0.870. The number of phosphoric ester groups is 1. The van der Waals surface area contributed by atoms with E-state index in [1.54, 1.807) is 0 Å². The van der Waals surface area contributed by atoms with Crippen LogP contribution in [0, 0.1) is 0 Å². The summed E-state index contributed by atoms with van der Waals surface area (Å²) >= 11 is 0. The molecule has 0 aromatic carbocycles. The zero-order valence-corrected chi connectivity index (χ0v) is 49.5. The summed E-state index contributed by atoms with van der Waals surface area (Å²) in [6.45, 7) is 6.95. The first-order chi connectivity index (χ1) is 35.4. The Balaban J connectivity index is 5.21. The van der Waals surface area contributed by atoms with Crippen LogP contribution in [0.25, 0.3) is 0 Å². The standard InChI is InChI=1S/C63H117N2O7P/c1-7-10-13-16-19-22-25-27-29-30-31-32-33-34-36-37-40-43-46-49-52-55-62(66)64-60(59-71-73(68,69)70-58-57-65(4,5)6)61(54-51-48-45-42-39-24-21-18-15-12-9-3)72-63(67)56-53-50-47-44-41-38-35-28-26-23-20-17-14-11-8-2/h19-20,22-23,26-29,51,54,60-61H,7-18,21,24-25,30-50,52-53,55-59H2,1-6H3,(H-,64,66,68,69)/p+1/b22-19-,23-20+,28-26+,29-27-,54-51-. The first kappa shape index (κ1) is 70.7. The van der Waals surface area contributed by atoms with Crippen molar-refractivity contribution in [3.05, 3.63) is 60.8 Å². The van der Waals surface area contributed by atoms with E-state index in [1.807, 2.05) is 33.3 Å². The number of ether oxygens (including phenoxy) is 1. The molecule has 0 radical (unpaired) electrons. The van der Waals surface area contributed by atoms with Crippen LogP contribution in [-0.2, 0) is 27.9 Å².